The standard InChI is InChI=1S/C38H38Cl2N4O3/c1-27(45)44(24-28-15-14-22-33(39)35(28)40)42-23-32(36(46)47-37(2,3)4)34-25-43(26-41-34)38(29-16-8-5-9-17-29,30-18-10-6-11-19-30)31-20-12-7-13-21-31/h5-22,25-26,32,42H,23-24H2,1-4H3. The van der Waals surface area contributed by atoms with E-state index in [4.69, 9.17) is 32.9 Å². The molecule has 0 spiro atoms. The quantitative estimate of drug-likeness (QED) is 0.0877. The van der Waals surface area contributed by atoms with E-state index in [0.29, 0.717) is 21.3 Å². The van der Waals surface area contributed by atoms with Gasteiger partial charge in [-0.2, -0.15) is 0 Å². The molecule has 47 heavy (non-hydrogen) atoms. The summed E-state index contributed by atoms with van der Waals surface area (Å²) >= 11 is 12.7. The van der Waals surface area contributed by atoms with Crippen LogP contribution < -0.4 is 5.43 Å². The summed E-state index contributed by atoms with van der Waals surface area (Å²) in [5.41, 5.74) is 5.83. The number of aromatic nitrogens is 2. The van der Waals surface area contributed by atoms with Crippen LogP contribution in [0.4, 0.5) is 0 Å². The first kappa shape index (κ1) is 33.9. The predicted molar refractivity (Wildman–Crippen MR) is 186 cm³/mol. The van der Waals surface area contributed by atoms with Crippen molar-refractivity contribution in [3.05, 3.63) is 160 Å². The van der Waals surface area contributed by atoms with Crippen molar-refractivity contribution in [2.45, 2.75) is 51.3 Å². The number of esters is 1. The monoisotopic (exact) mass is 668 g/mol. The van der Waals surface area contributed by atoms with Crippen molar-refractivity contribution >= 4 is 35.1 Å². The maximum atomic E-state index is 13.8. The molecule has 5 rings (SSSR count). The Morgan fingerprint density at radius 1 is 0.830 bits per heavy atom. The first-order valence-electron chi connectivity index (χ1n) is 15.4. The van der Waals surface area contributed by atoms with Crippen molar-refractivity contribution in [2.75, 3.05) is 6.54 Å². The molecule has 0 aliphatic carbocycles. The summed E-state index contributed by atoms with van der Waals surface area (Å²) in [6, 6.07) is 35.9. The van der Waals surface area contributed by atoms with Gasteiger partial charge in [0.05, 0.1) is 28.6 Å². The van der Waals surface area contributed by atoms with Crippen LogP contribution in [0.5, 0.6) is 0 Å². The van der Waals surface area contributed by atoms with Crippen molar-refractivity contribution in [1.29, 1.82) is 0 Å². The van der Waals surface area contributed by atoms with Gasteiger partial charge in [0.15, 0.2) is 0 Å². The van der Waals surface area contributed by atoms with Gasteiger partial charge in [-0.05, 0) is 49.1 Å². The van der Waals surface area contributed by atoms with E-state index in [0.717, 1.165) is 16.7 Å². The normalized spacial score (nSPS) is 12.4. The molecule has 0 fully saturated rings. The third-order valence-electron chi connectivity index (χ3n) is 7.84. The fraction of sp³-hybridized carbons (Fsp3) is 0.237. The van der Waals surface area contributed by atoms with Crippen molar-refractivity contribution in [1.82, 2.24) is 20.0 Å². The number of ether oxygens (including phenoxy) is 1. The van der Waals surface area contributed by atoms with Gasteiger partial charge in [0.1, 0.15) is 17.1 Å². The minimum Gasteiger partial charge on any atom is -0.459 e. The van der Waals surface area contributed by atoms with Crippen LogP contribution in [0.1, 0.15) is 61.6 Å². The molecule has 1 atom stereocenters. The summed E-state index contributed by atoms with van der Waals surface area (Å²) in [6.45, 7) is 7.09. The van der Waals surface area contributed by atoms with Gasteiger partial charge in [-0.25, -0.2) is 10.4 Å². The van der Waals surface area contributed by atoms with Gasteiger partial charge in [-0.3, -0.25) is 14.6 Å². The number of hydrogen-bond acceptors (Lipinski definition) is 5. The Balaban J connectivity index is 1.58. The molecule has 242 valence electrons. The SMILES string of the molecule is CC(=O)N(Cc1cccc(Cl)c1Cl)NCC(C(=O)OC(C)(C)C)c1cn(C(c2ccccc2)(c2ccccc2)c2ccccc2)cn1. The number of hydrogen-bond donors (Lipinski definition) is 1. The van der Waals surface area contributed by atoms with E-state index in [2.05, 4.69) is 41.8 Å². The van der Waals surface area contributed by atoms with Crippen LogP contribution in [-0.2, 0) is 26.4 Å². The smallest absolute Gasteiger partial charge is 0.316 e. The fourth-order valence-corrected chi connectivity index (χ4v) is 6.07. The average molecular weight is 670 g/mol. The van der Waals surface area contributed by atoms with Crippen molar-refractivity contribution in [3.63, 3.8) is 0 Å². The van der Waals surface area contributed by atoms with E-state index in [1.165, 1.54) is 11.9 Å². The van der Waals surface area contributed by atoms with E-state index in [1.54, 1.807) is 24.5 Å². The number of halogens is 2. The zero-order chi connectivity index (χ0) is 33.6. The molecule has 1 unspecified atom stereocenters. The minimum atomic E-state index is -0.854. The Kier molecular flexibility index (Phi) is 10.5. The summed E-state index contributed by atoms with van der Waals surface area (Å²) in [5, 5.41) is 2.17. The molecule has 0 saturated heterocycles. The number of carbonyl (C=O) groups excluding carboxylic acids is 2. The Morgan fingerprint density at radius 3 is 1.85 bits per heavy atom. The Morgan fingerprint density at radius 2 is 1.36 bits per heavy atom. The van der Waals surface area contributed by atoms with Crippen molar-refractivity contribution < 1.29 is 14.3 Å². The molecule has 1 amide bonds. The van der Waals surface area contributed by atoms with Gasteiger partial charge >= 0.3 is 5.97 Å². The van der Waals surface area contributed by atoms with E-state index in [9.17, 15) is 9.59 Å². The third-order valence-corrected chi connectivity index (χ3v) is 8.70. The number of amides is 1. The summed E-state index contributed by atoms with van der Waals surface area (Å²) in [4.78, 5) is 31.4. The van der Waals surface area contributed by atoms with Crippen molar-refractivity contribution in [3.8, 4) is 0 Å². The number of nitrogens with zero attached hydrogens (tertiary/aromatic N) is 3. The second-order valence-electron chi connectivity index (χ2n) is 12.3. The van der Waals surface area contributed by atoms with E-state index in [-0.39, 0.29) is 19.0 Å². The second kappa shape index (κ2) is 14.6. The summed E-state index contributed by atoms with van der Waals surface area (Å²) < 4.78 is 7.93. The van der Waals surface area contributed by atoms with Gasteiger partial charge in [0.25, 0.3) is 0 Å². The Hall–Kier alpha value is -4.43. The molecular weight excluding hydrogens is 631 g/mol. The highest BCUT2D eigenvalue weighted by Gasteiger charge is 2.39. The molecule has 0 radical (unpaired) electrons. The third kappa shape index (κ3) is 7.60. The number of carbonyl (C=O) groups is 2. The Bertz CT molecular complexity index is 1710. The van der Waals surface area contributed by atoms with Gasteiger partial charge < -0.3 is 9.30 Å². The number of imidazole rings is 1. The molecule has 9 heteroatoms. The van der Waals surface area contributed by atoms with Gasteiger partial charge in [0.2, 0.25) is 5.91 Å². The maximum Gasteiger partial charge on any atom is 0.316 e. The molecule has 0 bridgehead atoms. The van der Waals surface area contributed by atoms with E-state index < -0.39 is 23.0 Å². The van der Waals surface area contributed by atoms with Crippen LogP contribution in [0.25, 0.3) is 0 Å². The zero-order valence-corrected chi connectivity index (χ0v) is 28.4. The van der Waals surface area contributed by atoms with E-state index >= 15 is 0 Å². The molecule has 0 aliphatic rings. The lowest BCUT2D eigenvalue weighted by atomic mass is 9.76. The maximum absolute atomic E-state index is 13.8. The number of benzene rings is 4. The lowest BCUT2D eigenvalue weighted by Gasteiger charge is -2.37. The molecule has 7 nitrogen and oxygen atoms in total. The fourth-order valence-electron chi connectivity index (χ4n) is 5.69. The summed E-state index contributed by atoms with van der Waals surface area (Å²) in [6.07, 6.45) is 3.66. The van der Waals surface area contributed by atoms with Crippen LogP contribution >= 0.6 is 23.2 Å². The first-order chi connectivity index (χ1) is 22.5. The highest BCUT2D eigenvalue weighted by atomic mass is 35.5. The van der Waals surface area contributed by atoms with E-state index in [1.807, 2.05) is 86.1 Å². The minimum absolute atomic E-state index is 0.0404. The summed E-state index contributed by atoms with van der Waals surface area (Å²) in [5.74, 6) is -1.58. The number of rotatable bonds is 11. The first-order valence-corrected chi connectivity index (χ1v) is 16.1. The number of hydrazine groups is 1. The highest BCUT2D eigenvalue weighted by molar-refractivity contribution is 6.42. The second-order valence-corrected chi connectivity index (χ2v) is 13.1. The van der Waals surface area contributed by atoms with Crippen molar-refractivity contribution in [2.24, 2.45) is 0 Å². The average Bonchev–Trinajstić information content (AvgIpc) is 3.53. The van der Waals surface area contributed by atoms with Crippen LogP contribution in [-0.4, -0.2) is 38.6 Å². The molecule has 0 saturated carbocycles. The van der Waals surface area contributed by atoms with Crippen LogP contribution in [0.3, 0.4) is 0 Å². The molecule has 4 aromatic carbocycles. The summed E-state index contributed by atoms with van der Waals surface area (Å²) in [7, 11) is 0. The zero-order valence-electron chi connectivity index (χ0n) is 26.9. The highest BCUT2D eigenvalue weighted by Crippen LogP contribution is 2.41. The molecule has 5 aromatic rings. The lowest BCUT2D eigenvalue weighted by molar-refractivity contribution is -0.157. The van der Waals surface area contributed by atoms with Gasteiger partial charge in [0, 0.05) is 19.7 Å². The van der Waals surface area contributed by atoms with Gasteiger partial charge in [-0.15, -0.1) is 0 Å². The van der Waals surface area contributed by atoms with Crippen LogP contribution in [0.2, 0.25) is 10.0 Å². The van der Waals surface area contributed by atoms with Crippen LogP contribution in [0.15, 0.2) is 122 Å². The molecule has 1 N–H and O–H groups in total. The Labute approximate surface area is 286 Å². The van der Waals surface area contributed by atoms with Crippen LogP contribution in [0, 0.1) is 0 Å². The topological polar surface area (TPSA) is 76.5 Å². The predicted octanol–water partition coefficient (Wildman–Crippen LogP) is 8.01. The van der Waals surface area contributed by atoms with Gasteiger partial charge in [-0.1, -0.05) is 126 Å². The molecule has 0 aliphatic heterocycles. The number of nitrogens with one attached hydrogen (secondary N) is 1. The largest absolute Gasteiger partial charge is 0.459 e. The molecule has 1 heterocycles. The lowest BCUT2D eigenvalue weighted by Crippen LogP contribution is -2.45. The molecular formula is C38H38Cl2N4O3. The molecule has 1 aromatic heterocycles.